The van der Waals surface area contributed by atoms with Crippen molar-refractivity contribution in [3.63, 3.8) is 0 Å². The Bertz CT molecular complexity index is 540. The van der Waals surface area contributed by atoms with Crippen LogP contribution in [0, 0.1) is 13.8 Å². The Morgan fingerprint density at radius 1 is 1.38 bits per heavy atom. The monoisotopic (exact) mass is 307 g/mol. The molecule has 21 heavy (non-hydrogen) atoms. The number of benzene rings is 1. The van der Waals surface area contributed by atoms with Gasteiger partial charge in [0.05, 0.1) is 5.75 Å². The Morgan fingerprint density at radius 2 is 2.10 bits per heavy atom. The third-order valence-corrected chi connectivity index (χ3v) is 4.43. The van der Waals surface area contributed by atoms with Gasteiger partial charge in [0.2, 0.25) is 0 Å². The van der Waals surface area contributed by atoms with Gasteiger partial charge < -0.3 is 10.1 Å². The van der Waals surface area contributed by atoms with Crippen LogP contribution in [0.25, 0.3) is 0 Å². The summed E-state index contributed by atoms with van der Waals surface area (Å²) in [6.07, 6.45) is 1.32. The zero-order valence-corrected chi connectivity index (χ0v) is 13.5. The third kappa shape index (κ3) is 5.08. The number of thioether (sulfide) groups is 1. The van der Waals surface area contributed by atoms with Gasteiger partial charge >= 0.3 is 5.97 Å². The maximum Gasteiger partial charge on any atom is 0.317 e. The summed E-state index contributed by atoms with van der Waals surface area (Å²) in [5.74, 6) is -0.355. The lowest BCUT2D eigenvalue weighted by molar-refractivity contribution is -0.152. The van der Waals surface area contributed by atoms with E-state index >= 15 is 0 Å². The minimum Gasteiger partial charge on any atom is -0.452 e. The van der Waals surface area contributed by atoms with E-state index in [1.807, 2.05) is 26.0 Å². The average molecular weight is 307 g/mol. The fourth-order valence-corrected chi connectivity index (χ4v) is 2.72. The van der Waals surface area contributed by atoms with E-state index in [2.05, 4.69) is 11.4 Å². The molecule has 1 aliphatic rings. The van der Waals surface area contributed by atoms with E-state index in [9.17, 15) is 9.59 Å². The summed E-state index contributed by atoms with van der Waals surface area (Å²) in [6.45, 7) is 5.67. The second-order valence-corrected chi connectivity index (χ2v) is 6.49. The molecule has 114 valence electrons. The Hall–Kier alpha value is -1.49. The molecule has 1 aromatic rings. The minimum absolute atomic E-state index is 0.206. The van der Waals surface area contributed by atoms with Crippen molar-refractivity contribution < 1.29 is 14.3 Å². The molecule has 4 nitrogen and oxygen atoms in total. The van der Waals surface area contributed by atoms with E-state index in [0.29, 0.717) is 0 Å². The van der Waals surface area contributed by atoms with Gasteiger partial charge in [-0.25, -0.2) is 0 Å². The van der Waals surface area contributed by atoms with Gasteiger partial charge in [-0.05, 0) is 45.2 Å². The standard InChI is InChI=1S/C16H21NO3S/c1-10-4-7-14(11(2)8-10)21-9-15(18)20-12(3)16(19)17-13-5-6-13/h4,7-8,12-13H,5-6,9H2,1-3H3,(H,17,19)/t12-/m1/s1. The van der Waals surface area contributed by atoms with Crippen molar-refractivity contribution in [1.82, 2.24) is 5.32 Å². The summed E-state index contributed by atoms with van der Waals surface area (Å²) in [4.78, 5) is 24.6. The molecule has 0 radical (unpaired) electrons. The van der Waals surface area contributed by atoms with Gasteiger partial charge in [-0.2, -0.15) is 0 Å². The van der Waals surface area contributed by atoms with Crippen LogP contribution < -0.4 is 5.32 Å². The number of amides is 1. The number of aryl methyl sites for hydroxylation is 2. The number of carbonyl (C=O) groups is 2. The van der Waals surface area contributed by atoms with Crippen molar-refractivity contribution in [3.05, 3.63) is 29.3 Å². The molecule has 1 aromatic carbocycles. The average Bonchev–Trinajstić information content (AvgIpc) is 3.21. The van der Waals surface area contributed by atoms with E-state index in [1.54, 1.807) is 6.92 Å². The van der Waals surface area contributed by atoms with Crippen molar-refractivity contribution in [3.8, 4) is 0 Å². The SMILES string of the molecule is Cc1ccc(SCC(=O)O[C@H](C)C(=O)NC2CC2)c(C)c1. The number of rotatable bonds is 6. The highest BCUT2D eigenvalue weighted by molar-refractivity contribution is 8.00. The first kappa shape index (κ1) is 15.9. The molecule has 0 unspecified atom stereocenters. The molecule has 0 bridgehead atoms. The molecule has 0 heterocycles. The van der Waals surface area contributed by atoms with Crippen molar-refractivity contribution in [2.24, 2.45) is 0 Å². The van der Waals surface area contributed by atoms with Crippen molar-refractivity contribution in [1.29, 1.82) is 0 Å². The number of hydrogen-bond donors (Lipinski definition) is 1. The molecule has 0 aliphatic heterocycles. The number of nitrogens with one attached hydrogen (secondary N) is 1. The van der Waals surface area contributed by atoms with Crippen LogP contribution in [0.15, 0.2) is 23.1 Å². The summed E-state index contributed by atoms with van der Waals surface area (Å²) in [5.41, 5.74) is 2.34. The van der Waals surface area contributed by atoms with E-state index in [4.69, 9.17) is 4.74 Å². The normalized spacial score (nSPS) is 15.4. The summed E-state index contributed by atoms with van der Waals surface area (Å²) in [7, 11) is 0. The fraction of sp³-hybridized carbons (Fsp3) is 0.500. The van der Waals surface area contributed by atoms with Crippen LogP contribution in [-0.2, 0) is 14.3 Å². The molecule has 0 aromatic heterocycles. The topological polar surface area (TPSA) is 55.4 Å². The molecule has 0 saturated heterocycles. The maximum absolute atomic E-state index is 11.8. The lowest BCUT2D eigenvalue weighted by Gasteiger charge is -2.13. The highest BCUT2D eigenvalue weighted by Gasteiger charge is 2.27. The summed E-state index contributed by atoms with van der Waals surface area (Å²) < 4.78 is 5.15. The molecular formula is C16H21NO3S. The Balaban J connectivity index is 1.77. The summed E-state index contributed by atoms with van der Waals surface area (Å²) in [6, 6.07) is 6.39. The molecule has 1 atom stereocenters. The predicted molar refractivity (Wildman–Crippen MR) is 83.4 cm³/mol. The largest absolute Gasteiger partial charge is 0.452 e. The maximum atomic E-state index is 11.8. The van der Waals surface area contributed by atoms with Crippen molar-refractivity contribution in [2.75, 3.05) is 5.75 Å². The Kier molecular flexibility index (Phi) is 5.28. The first-order valence-electron chi connectivity index (χ1n) is 7.15. The van der Waals surface area contributed by atoms with E-state index in [-0.39, 0.29) is 23.7 Å². The van der Waals surface area contributed by atoms with Gasteiger partial charge in [0.25, 0.3) is 5.91 Å². The first-order chi connectivity index (χ1) is 9.95. The molecule has 1 N–H and O–H groups in total. The van der Waals surface area contributed by atoms with Gasteiger partial charge in [-0.1, -0.05) is 17.7 Å². The second-order valence-electron chi connectivity index (χ2n) is 5.47. The molecular weight excluding hydrogens is 286 g/mol. The molecule has 0 spiro atoms. The van der Waals surface area contributed by atoms with Crippen LogP contribution in [0.2, 0.25) is 0 Å². The van der Waals surface area contributed by atoms with Gasteiger partial charge in [0, 0.05) is 10.9 Å². The molecule has 2 rings (SSSR count). The van der Waals surface area contributed by atoms with Gasteiger partial charge in [0.1, 0.15) is 0 Å². The Morgan fingerprint density at radius 3 is 2.71 bits per heavy atom. The Labute approximate surface area is 129 Å². The van der Waals surface area contributed by atoms with Crippen LogP contribution in [-0.4, -0.2) is 29.8 Å². The fourth-order valence-electron chi connectivity index (χ4n) is 1.93. The highest BCUT2D eigenvalue weighted by Crippen LogP contribution is 2.23. The van der Waals surface area contributed by atoms with E-state index in [1.165, 1.54) is 17.3 Å². The lowest BCUT2D eigenvalue weighted by atomic mass is 10.2. The predicted octanol–water partition coefficient (Wildman–Crippen LogP) is 2.61. The van der Waals surface area contributed by atoms with E-state index < -0.39 is 6.10 Å². The minimum atomic E-state index is -0.724. The molecule has 1 amide bonds. The molecule has 5 heteroatoms. The molecule has 1 aliphatic carbocycles. The van der Waals surface area contributed by atoms with Crippen LogP contribution in [0.4, 0.5) is 0 Å². The van der Waals surface area contributed by atoms with Gasteiger partial charge in [-0.3, -0.25) is 9.59 Å². The number of ether oxygens (including phenoxy) is 1. The van der Waals surface area contributed by atoms with E-state index in [0.717, 1.165) is 23.3 Å². The second kappa shape index (κ2) is 6.98. The number of esters is 1. The lowest BCUT2D eigenvalue weighted by Crippen LogP contribution is -2.37. The van der Waals surface area contributed by atoms with Crippen molar-refractivity contribution in [2.45, 2.75) is 50.7 Å². The molecule has 1 saturated carbocycles. The zero-order valence-electron chi connectivity index (χ0n) is 12.6. The van der Waals surface area contributed by atoms with Crippen LogP contribution in [0.5, 0.6) is 0 Å². The highest BCUT2D eigenvalue weighted by atomic mass is 32.2. The first-order valence-corrected chi connectivity index (χ1v) is 8.14. The number of carbonyl (C=O) groups excluding carboxylic acids is 2. The van der Waals surface area contributed by atoms with Gasteiger partial charge in [0.15, 0.2) is 6.10 Å². The third-order valence-electron chi connectivity index (χ3n) is 3.28. The van der Waals surface area contributed by atoms with Crippen molar-refractivity contribution >= 4 is 23.6 Å². The summed E-state index contributed by atoms with van der Waals surface area (Å²) in [5, 5.41) is 2.83. The summed E-state index contributed by atoms with van der Waals surface area (Å²) >= 11 is 1.44. The quantitative estimate of drug-likeness (QED) is 0.648. The smallest absolute Gasteiger partial charge is 0.317 e. The molecule has 1 fully saturated rings. The van der Waals surface area contributed by atoms with Gasteiger partial charge in [-0.15, -0.1) is 11.8 Å². The van der Waals surface area contributed by atoms with Crippen LogP contribution >= 0.6 is 11.8 Å². The zero-order chi connectivity index (χ0) is 15.4. The number of hydrogen-bond acceptors (Lipinski definition) is 4. The van der Waals surface area contributed by atoms with Crippen LogP contribution in [0.3, 0.4) is 0 Å². The van der Waals surface area contributed by atoms with Crippen LogP contribution in [0.1, 0.15) is 30.9 Å².